The largest absolute Gasteiger partial charge is 0.457 e. The van der Waals surface area contributed by atoms with Gasteiger partial charge in [0.25, 0.3) is 11.1 Å². The number of amides is 2. The highest BCUT2D eigenvalue weighted by atomic mass is 32.2. The molecular formula is C27H21NO5S. The number of thioether (sulfide) groups is 1. The van der Waals surface area contributed by atoms with E-state index in [0.29, 0.717) is 27.7 Å². The van der Waals surface area contributed by atoms with Gasteiger partial charge in [-0.15, -0.1) is 0 Å². The molecule has 3 aromatic carbocycles. The van der Waals surface area contributed by atoms with Gasteiger partial charge >= 0.3 is 5.97 Å². The number of nitrogens with one attached hydrogen (secondary N) is 1. The lowest BCUT2D eigenvalue weighted by Crippen LogP contribution is -2.17. The van der Waals surface area contributed by atoms with Crippen molar-refractivity contribution in [2.24, 2.45) is 0 Å². The first kappa shape index (κ1) is 23.1. The van der Waals surface area contributed by atoms with Crippen molar-refractivity contribution in [3.63, 3.8) is 0 Å². The number of aryl methyl sites for hydroxylation is 1. The molecule has 1 aliphatic rings. The normalized spacial score (nSPS) is 14.1. The Balaban J connectivity index is 1.38. The third-order valence-corrected chi connectivity index (χ3v) is 5.87. The molecule has 1 saturated heterocycles. The smallest absolute Gasteiger partial charge is 0.343 e. The molecule has 1 N–H and O–H groups in total. The maximum Gasteiger partial charge on any atom is 0.343 e. The maximum absolute atomic E-state index is 12.5. The van der Waals surface area contributed by atoms with Gasteiger partial charge < -0.3 is 9.47 Å². The van der Waals surface area contributed by atoms with E-state index in [2.05, 4.69) is 11.9 Å². The first-order valence-corrected chi connectivity index (χ1v) is 11.4. The minimum atomic E-state index is -0.505. The van der Waals surface area contributed by atoms with Crippen LogP contribution in [-0.2, 0) is 16.0 Å². The number of carbonyl (C=O) groups is 3. The van der Waals surface area contributed by atoms with Gasteiger partial charge in [0.15, 0.2) is 0 Å². The molecule has 0 saturated carbocycles. The van der Waals surface area contributed by atoms with E-state index in [1.807, 2.05) is 25.1 Å². The van der Waals surface area contributed by atoms with E-state index >= 15 is 0 Å². The summed E-state index contributed by atoms with van der Waals surface area (Å²) >= 11 is 0.873. The Labute approximate surface area is 201 Å². The number of rotatable bonds is 7. The first-order valence-electron chi connectivity index (χ1n) is 10.5. The van der Waals surface area contributed by atoms with E-state index in [1.54, 1.807) is 60.7 Å². The van der Waals surface area contributed by atoms with E-state index in [4.69, 9.17) is 9.47 Å². The van der Waals surface area contributed by atoms with Crippen LogP contribution >= 0.6 is 11.8 Å². The van der Waals surface area contributed by atoms with E-state index in [0.717, 1.165) is 29.3 Å². The highest BCUT2D eigenvalue weighted by molar-refractivity contribution is 8.18. The summed E-state index contributed by atoms with van der Waals surface area (Å²) in [5.41, 5.74) is 2.61. The van der Waals surface area contributed by atoms with Crippen LogP contribution in [0.25, 0.3) is 11.6 Å². The van der Waals surface area contributed by atoms with E-state index in [1.165, 1.54) is 0 Å². The molecule has 1 heterocycles. The molecule has 34 heavy (non-hydrogen) atoms. The number of hydrogen-bond acceptors (Lipinski definition) is 6. The van der Waals surface area contributed by atoms with Gasteiger partial charge in [0.05, 0.1) is 10.5 Å². The van der Waals surface area contributed by atoms with Crippen LogP contribution in [0.1, 0.15) is 23.6 Å². The second kappa shape index (κ2) is 10.2. The molecule has 3 aromatic rings. The molecule has 0 aliphatic carbocycles. The third kappa shape index (κ3) is 5.44. The van der Waals surface area contributed by atoms with Crippen LogP contribution in [0.2, 0.25) is 0 Å². The van der Waals surface area contributed by atoms with Crippen molar-refractivity contribution < 1.29 is 23.9 Å². The molecule has 0 unspecified atom stereocenters. The zero-order chi connectivity index (χ0) is 24.1. The predicted octanol–water partition coefficient (Wildman–Crippen LogP) is 5.98. The number of ether oxygens (including phenoxy) is 2. The zero-order valence-corrected chi connectivity index (χ0v) is 19.2. The number of carbonyl (C=O) groups excluding carboxylic acids is 3. The lowest BCUT2D eigenvalue weighted by Gasteiger charge is -2.11. The Morgan fingerprint density at radius 1 is 0.971 bits per heavy atom. The SMILES string of the molecule is C=C(C(=O)Oc1ccccc1CC)c1ccc(Oc2ccc(/C=C3\SC(=O)NC3=O)cc2)cc1. The van der Waals surface area contributed by atoms with Gasteiger partial charge in [-0.25, -0.2) is 4.79 Å². The molecule has 170 valence electrons. The molecule has 2 amide bonds. The molecule has 7 heteroatoms. The van der Waals surface area contributed by atoms with Crippen LogP contribution in [0.3, 0.4) is 0 Å². The van der Waals surface area contributed by atoms with Crippen LogP contribution in [0.4, 0.5) is 4.79 Å². The molecule has 0 spiro atoms. The highest BCUT2D eigenvalue weighted by Crippen LogP contribution is 2.28. The maximum atomic E-state index is 12.5. The summed E-state index contributed by atoms with van der Waals surface area (Å²) < 4.78 is 11.4. The predicted molar refractivity (Wildman–Crippen MR) is 133 cm³/mol. The second-order valence-corrected chi connectivity index (χ2v) is 8.39. The fraction of sp³-hybridized carbons (Fsp3) is 0.0741. The average Bonchev–Trinajstić information content (AvgIpc) is 3.17. The lowest BCUT2D eigenvalue weighted by atomic mass is 10.1. The van der Waals surface area contributed by atoms with Crippen molar-refractivity contribution in [1.29, 1.82) is 0 Å². The molecule has 0 aromatic heterocycles. The van der Waals surface area contributed by atoms with E-state index in [-0.39, 0.29) is 10.8 Å². The lowest BCUT2D eigenvalue weighted by molar-refractivity contribution is -0.128. The van der Waals surface area contributed by atoms with Crippen LogP contribution in [0.15, 0.2) is 84.3 Å². The molecular weight excluding hydrogens is 450 g/mol. The molecule has 0 radical (unpaired) electrons. The van der Waals surface area contributed by atoms with E-state index in [9.17, 15) is 14.4 Å². The van der Waals surface area contributed by atoms with Crippen molar-refractivity contribution in [3.05, 3.63) is 101 Å². The monoisotopic (exact) mass is 471 g/mol. The number of para-hydroxylation sites is 1. The van der Waals surface area contributed by atoms with Crippen molar-refractivity contribution >= 4 is 40.5 Å². The Morgan fingerprint density at radius 3 is 2.24 bits per heavy atom. The van der Waals surface area contributed by atoms with Crippen LogP contribution in [-0.4, -0.2) is 17.1 Å². The van der Waals surface area contributed by atoms with Gasteiger partial charge in [-0.2, -0.15) is 0 Å². The standard InChI is InChI=1S/C27H21NO5S/c1-3-19-6-4-5-7-23(19)33-26(30)17(2)20-10-14-22(15-11-20)32-21-12-8-18(9-13-21)16-24-25(29)28-27(31)34-24/h4-16H,2-3H2,1H3,(H,28,29,31)/b24-16-. The quantitative estimate of drug-likeness (QED) is 0.259. The van der Waals surface area contributed by atoms with Gasteiger partial charge in [0.1, 0.15) is 17.2 Å². The van der Waals surface area contributed by atoms with Gasteiger partial charge in [0, 0.05) is 0 Å². The summed E-state index contributed by atoms with van der Waals surface area (Å²) in [6.07, 6.45) is 2.40. The number of benzene rings is 3. The fourth-order valence-corrected chi connectivity index (χ4v) is 3.92. The summed E-state index contributed by atoms with van der Waals surface area (Å²) in [6.45, 7) is 5.88. The molecule has 4 rings (SSSR count). The van der Waals surface area contributed by atoms with Crippen LogP contribution < -0.4 is 14.8 Å². The van der Waals surface area contributed by atoms with Crippen molar-refractivity contribution in [2.75, 3.05) is 0 Å². The van der Waals surface area contributed by atoms with Crippen molar-refractivity contribution in [3.8, 4) is 17.2 Å². The first-order chi connectivity index (χ1) is 16.4. The highest BCUT2D eigenvalue weighted by Gasteiger charge is 2.24. The van der Waals surface area contributed by atoms with Gasteiger partial charge in [0.2, 0.25) is 0 Å². The molecule has 1 aliphatic heterocycles. The van der Waals surface area contributed by atoms with Gasteiger partial charge in [-0.05, 0) is 71.3 Å². The second-order valence-electron chi connectivity index (χ2n) is 7.38. The number of hydrogen-bond donors (Lipinski definition) is 1. The van der Waals surface area contributed by atoms with Crippen LogP contribution in [0.5, 0.6) is 17.2 Å². The Hall–Kier alpha value is -4.10. The van der Waals surface area contributed by atoms with Crippen molar-refractivity contribution in [2.45, 2.75) is 13.3 Å². The minimum absolute atomic E-state index is 0.252. The number of imide groups is 1. The molecule has 1 fully saturated rings. The average molecular weight is 472 g/mol. The van der Waals surface area contributed by atoms with Crippen LogP contribution in [0, 0.1) is 0 Å². The minimum Gasteiger partial charge on any atom is -0.457 e. The summed E-state index contributed by atoms with van der Waals surface area (Å²) in [6, 6.07) is 21.5. The van der Waals surface area contributed by atoms with Crippen molar-refractivity contribution in [1.82, 2.24) is 5.32 Å². The fourth-order valence-electron chi connectivity index (χ4n) is 3.24. The number of esters is 1. The van der Waals surface area contributed by atoms with E-state index < -0.39 is 11.9 Å². The molecule has 0 bridgehead atoms. The summed E-state index contributed by atoms with van der Waals surface area (Å²) in [4.78, 5) is 35.8. The zero-order valence-electron chi connectivity index (χ0n) is 18.4. The van der Waals surface area contributed by atoms with Gasteiger partial charge in [-0.3, -0.25) is 14.9 Å². The molecule has 6 nitrogen and oxygen atoms in total. The Kier molecular flexibility index (Phi) is 6.94. The topological polar surface area (TPSA) is 81.7 Å². The third-order valence-electron chi connectivity index (χ3n) is 5.06. The Bertz CT molecular complexity index is 1290. The summed E-state index contributed by atoms with van der Waals surface area (Å²) in [5, 5.41) is 1.85. The Morgan fingerprint density at radius 2 is 1.62 bits per heavy atom. The summed E-state index contributed by atoms with van der Waals surface area (Å²) in [7, 11) is 0. The molecule has 0 atom stereocenters. The van der Waals surface area contributed by atoms with Gasteiger partial charge in [-0.1, -0.05) is 56.0 Å². The summed E-state index contributed by atoms with van der Waals surface area (Å²) in [5.74, 6) is 0.826.